The summed E-state index contributed by atoms with van der Waals surface area (Å²) in [5.41, 5.74) is 2.49. The Morgan fingerprint density at radius 3 is 1.74 bits per heavy atom. The summed E-state index contributed by atoms with van der Waals surface area (Å²) >= 11 is 0. The van der Waals surface area contributed by atoms with Crippen molar-refractivity contribution in [2.75, 3.05) is 0 Å². The highest BCUT2D eigenvalue weighted by Crippen LogP contribution is 2.41. The van der Waals surface area contributed by atoms with Gasteiger partial charge in [0.2, 0.25) is 0 Å². The van der Waals surface area contributed by atoms with Gasteiger partial charge in [-0.25, -0.2) is 4.57 Å². The van der Waals surface area contributed by atoms with Gasteiger partial charge in [0.1, 0.15) is 5.75 Å². The number of hydrogen-bond donors (Lipinski definition) is 1. The number of aliphatic hydroxyl groups excluding tert-OH is 1. The zero-order valence-corrected chi connectivity index (χ0v) is 13.5. The van der Waals surface area contributed by atoms with Crippen molar-refractivity contribution in [1.82, 2.24) is 0 Å². The largest absolute Gasteiger partial charge is 0.407 e. The van der Waals surface area contributed by atoms with Crippen molar-refractivity contribution in [2.45, 2.75) is 59.0 Å². The van der Waals surface area contributed by atoms with E-state index in [9.17, 15) is 9.67 Å². The molecule has 0 saturated heterocycles. The van der Waals surface area contributed by atoms with Crippen LogP contribution in [-0.4, -0.2) is 5.11 Å². The second-order valence-corrected chi connectivity index (χ2v) is 7.18. The molecule has 3 nitrogen and oxygen atoms in total. The predicted molar refractivity (Wildman–Crippen MR) is 78.0 cm³/mol. The molecule has 1 rings (SSSR count). The summed E-state index contributed by atoms with van der Waals surface area (Å²) in [4.78, 5) is 0. The molecule has 19 heavy (non-hydrogen) atoms. The molecular formula is C15H23O3P. The lowest BCUT2D eigenvalue weighted by molar-refractivity contribution is 0.281. The molecule has 0 aromatic heterocycles. The number of benzene rings is 1. The molecule has 0 radical (unpaired) electrons. The molecule has 0 aliphatic rings. The molecule has 1 aromatic rings. The fourth-order valence-electron chi connectivity index (χ4n) is 2.03. The Bertz CT molecular complexity index is 432. The lowest BCUT2D eigenvalue weighted by Crippen LogP contribution is -2.19. The van der Waals surface area contributed by atoms with E-state index in [4.69, 9.17) is 4.52 Å². The molecule has 0 saturated carbocycles. The Hall–Kier alpha value is -0.920. The van der Waals surface area contributed by atoms with Gasteiger partial charge in [-0.15, -0.1) is 0 Å². The van der Waals surface area contributed by atoms with Crippen molar-refractivity contribution in [1.29, 1.82) is 0 Å². The maximum Gasteiger partial charge on any atom is 0.395 e. The first-order chi connectivity index (χ1) is 8.61. The summed E-state index contributed by atoms with van der Waals surface area (Å²) in [6.07, 6.45) is 0. The molecule has 1 aromatic carbocycles. The van der Waals surface area contributed by atoms with Crippen molar-refractivity contribution in [3.05, 3.63) is 28.8 Å². The fourth-order valence-corrected chi connectivity index (χ4v) is 2.30. The second kappa shape index (κ2) is 5.60. The Morgan fingerprint density at radius 1 is 1.05 bits per heavy atom. The third-order valence-electron chi connectivity index (χ3n) is 3.08. The zero-order chi connectivity index (χ0) is 14.8. The van der Waals surface area contributed by atoms with Crippen LogP contribution in [0.1, 0.15) is 58.2 Å². The maximum absolute atomic E-state index is 10.9. The number of rotatable bonds is 3. The van der Waals surface area contributed by atoms with E-state index in [1.54, 1.807) is 0 Å². The summed E-state index contributed by atoms with van der Waals surface area (Å²) in [7, 11) is -0.356. The highest BCUT2D eigenvalue weighted by molar-refractivity contribution is 7.17. The first-order valence-electron chi connectivity index (χ1n) is 6.39. The van der Waals surface area contributed by atoms with Gasteiger partial charge in [-0.1, -0.05) is 41.5 Å². The van der Waals surface area contributed by atoms with Gasteiger partial charge < -0.3 is 9.63 Å². The van der Waals surface area contributed by atoms with Crippen LogP contribution in [0, 0.1) is 0 Å². The highest BCUT2D eigenvalue weighted by Gasteiger charge is 2.28. The second-order valence-electron chi connectivity index (χ2n) is 6.84. The molecule has 0 aliphatic carbocycles. The van der Waals surface area contributed by atoms with Crippen molar-refractivity contribution >= 4 is 8.69 Å². The average Bonchev–Trinajstić information content (AvgIpc) is 2.26. The molecule has 4 heteroatoms. The molecular weight excluding hydrogens is 259 g/mol. The standard InChI is InChI=1S/C15H23O3P/c1-14(2,3)11-7-10(9-16)8-12(15(4,5)6)13(11)18-19-17/h7-8,16H,9H2,1-6H3. The van der Waals surface area contributed by atoms with E-state index in [1.807, 2.05) is 12.1 Å². The topological polar surface area (TPSA) is 46.5 Å². The third-order valence-corrected chi connectivity index (χ3v) is 3.33. The fraction of sp³-hybridized carbons (Fsp3) is 0.600. The molecule has 0 fully saturated rings. The minimum atomic E-state index is -0.356. The van der Waals surface area contributed by atoms with Crippen molar-refractivity contribution < 1.29 is 14.2 Å². The monoisotopic (exact) mass is 282 g/mol. The predicted octanol–water partition coefficient (Wildman–Crippen LogP) is 4.36. The SMILES string of the molecule is CC(C)(C)c1cc(CO)cc(C(C)(C)C)c1OP=O. The van der Waals surface area contributed by atoms with Gasteiger partial charge in [-0.3, -0.25) is 0 Å². The highest BCUT2D eigenvalue weighted by atomic mass is 31.1. The van der Waals surface area contributed by atoms with Gasteiger partial charge in [-0.2, -0.15) is 0 Å². The van der Waals surface area contributed by atoms with Crippen LogP contribution in [0.25, 0.3) is 0 Å². The normalized spacial score (nSPS) is 12.8. The van der Waals surface area contributed by atoms with E-state index >= 15 is 0 Å². The summed E-state index contributed by atoms with van der Waals surface area (Å²) < 4.78 is 16.3. The lowest BCUT2D eigenvalue weighted by atomic mass is 9.78. The maximum atomic E-state index is 10.9. The van der Waals surface area contributed by atoms with Crippen LogP contribution >= 0.6 is 8.69 Å². The number of aliphatic hydroxyl groups is 1. The molecule has 0 aliphatic heterocycles. The van der Waals surface area contributed by atoms with Crippen molar-refractivity contribution in [2.24, 2.45) is 0 Å². The smallest absolute Gasteiger partial charge is 0.395 e. The van der Waals surface area contributed by atoms with E-state index in [0.717, 1.165) is 16.7 Å². The Morgan fingerprint density at radius 2 is 1.47 bits per heavy atom. The minimum absolute atomic E-state index is 0.0124. The molecule has 1 N–H and O–H groups in total. The molecule has 0 bridgehead atoms. The van der Waals surface area contributed by atoms with Gasteiger partial charge in [0, 0.05) is 11.1 Å². The first kappa shape index (κ1) is 16.1. The van der Waals surface area contributed by atoms with Crippen molar-refractivity contribution in [3.8, 4) is 5.75 Å². The average molecular weight is 282 g/mol. The van der Waals surface area contributed by atoms with Gasteiger partial charge in [0.05, 0.1) is 6.61 Å². The zero-order valence-electron chi connectivity index (χ0n) is 12.6. The van der Waals surface area contributed by atoms with E-state index < -0.39 is 0 Å². The molecule has 0 atom stereocenters. The third kappa shape index (κ3) is 3.77. The molecule has 0 amide bonds. The van der Waals surface area contributed by atoms with Gasteiger partial charge in [-0.05, 0) is 28.5 Å². The summed E-state index contributed by atoms with van der Waals surface area (Å²) in [5.74, 6) is 0.661. The molecule has 106 valence electrons. The quantitative estimate of drug-likeness (QED) is 0.838. The van der Waals surface area contributed by atoms with E-state index in [-0.39, 0.29) is 26.1 Å². The van der Waals surface area contributed by atoms with Crippen LogP contribution in [0.2, 0.25) is 0 Å². The van der Waals surface area contributed by atoms with Crippen LogP contribution in [0.5, 0.6) is 5.75 Å². The van der Waals surface area contributed by atoms with Gasteiger partial charge in [0.25, 0.3) is 0 Å². The lowest BCUT2D eigenvalue weighted by Gasteiger charge is -2.29. The van der Waals surface area contributed by atoms with E-state index in [1.165, 1.54) is 0 Å². The Labute approximate surface area is 117 Å². The summed E-state index contributed by atoms with van der Waals surface area (Å²) in [6.45, 7) is 12.4. The first-order valence-corrected chi connectivity index (χ1v) is 7.12. The van der Waals surface area contributed by atoms with E-state index in [0.29, 0.717) is 5.75 Å². The molecule has 0 heterocycles. The van der Waals surface area contributed by atoms with Crippen LogP contribution in [0.4, 0.5) is 0 Å². The van der Waals surface area contributed by atoms with Gasteiger partial charge in [0.15, 0.2) is 0 Å². The summed E-state index contributed by atoms with van der Waals surface area (Å²) in [6, 6.07) is 3.85. The van der Waals surface area contributed by atoms with Crippen molar-refractivity contribution in [3.63, 3.8) is 0 Å². The molecule has 0 unspecified atom stereocenters. The van der Waals surface area contributed by atoms with Crippen LogP contribution in [-0.2, 0) is 22.0 Å². The number of hydrogen-bond acceptors (Lipinski definition) is 3. The van der Waals surface area contributed by atoms with Crippen LogP contribution < -0.4 is 4.52 Å². The minimum Gasteiger partial charge on any atom is -0.407 e. The van der Waals surface area contributed by atoms with Crippen LogP contribution in [0.3, 0.4) is 0 Å². The molecule has 0 spiro atoms. The van der Waals surface area contributed by atoms with E-state index in [2.05, 4.69) is 41.5 Å². The summed E-state index contributed by atoms with van der Waals surface area (Å²) in [5, 5.41) is 9.43. The van der Waals surface area contributed by atoms with Crippen LogP contribution in [0.15, 0.2) is 12.1 Å². The van der Waals surface area contributed by atoms with Gasteiger partial charge >= 0.3 is 8.69 Å². The Kier molecular flexibility index (Phi) is 4.76. The Balaban J connectivity index is 3.65.